The summed E-state index contributed by atoms with van der Waals surface area (Å²) in [7, 11) is 0. The molecule has 0 aliphatic carbocycles. The molecular weight excluding hydrogens is 254 g/mol. The van der Waals surface area contributed by atoms with Crippen LogP contribution in [0.3, 0.4) is 0 Å². The summed E-state index contributed by atoms with van der Waals surface area (Å²) in [4.78, 5) is 33.1. The smallest absolute Gasteiger partial charge is 0.353 e. The van der Waals surface area contributed by atoms with Crippen LogP contribution in [0.5, 0.6) is 0 Å². The first-order chi connectivity index (χ1) is 8.97. The van der Waals surface area contributed by atoms with Crippen LogP contribution in [0.25, 0.3) is 0 Å². The Hall–Kier alpha value is -2.44. The van der Waals surface area contributed by atoms with E-state index in [2.05, 4.69) is 4.74 Å². The van der Waals surface area contributed by atoms with Crippen LogP contribution < -0.4 is 0 Å². The molecular formula is C12H13NO6. The summed E-state index contributed by atoms with van der Waals surface area (Å²) in [5.41, 5.74) is -0.0421. The first kappa shape index (κ1) is 14.6. The van der Waals surface area contributed by atoms with Crippen LogP contribution in [-0.2, 0) is 9.47 Å². The molecule has 0 radical (unpaired) electrons. The molecule has 0 saturated carbocycles. The van der Waals surface area contributed by atoms with Gasteiger partial charge in [0.2, 0.25) is 0 Å². The molecule has 0 heterocycles. The third-order valence-electron chi connectivity index (χ3n) is 2.22. The molecule has 0 bridgehead atoms. The van der Waals surface area contributed by atoms with Gasteiger partial charge >= 0.3 is 18.2 Å². The van der Waals surface area contributed by atoms with Gasteiger partial charge in [-0.25, -0.2) is 9.59 Å². The SMILES string of the molecule is CCOC(=O)c1ccccc1C(=O)OC(C)[N+](=O)[O-]. The van der Waals surface area contributed by atoms with Gasteiger partial charge in [-0.3, -0.25) is 10.1 Å². The molecule has 1 unspecified atom stereocenters. The van der Waals surface area contributed by atoms with Crippen molar-refractivity contribution in [3.05, 3.63) is 45.5 Å². The first-order valence-electron chi connectivity index (χ1n) is 5.58. The molecule has 1 aromatic rings. The summed E-state index contributed by atoms with van der Waals surface area (Å²) in [5, 5.41) is 10.4. The molecule has 0 fully saturated rings. The summed E-state index contributed by atoms with van der Waals surface area (Å²) in [5.74, 6) is -1.61. The van der Waals surface area contributed by atoms with Crippen molar-refractivity contribution in [1.29, 1.82) is 0 Å². The van der Waals surface area contributed by atoms with Crippen LogP contribution in [0.4, 0.5) is 0 Å². The predicted octanol–water partition coefficient (Wildman–Crippen LogP) is 1.64. The van der Waals surface area contributed by atoms with Gasteiger partial charge < -0.3 is 9.47 Å². The molecule has 0 aliphatic heterocycles. The number of benzene rings is 1. The minimum Gasteiger partial charge on any atom is -0.462 e. The lowest BCUT2D eigenvalue weighted by molar-refractivity contribution is -0.561. The zero-order valence-corrected chi connectivity index (χ0v) is 10.5. The average Bonchev–Trinajstić information content (AvgIpc) is 2.38. The number of hydrogen-bond donors (Lipinski definition) is 0. The summed E-state index contributed by atoms with van der Waals surface area (Å²) >= 11 is 0. The molecule has 102 valence electrons. The van der Waals surface area contributed by atoms with E-state index in [1.807, 2.05) is 0 Å². The summed E-state index contributed by atoms with van der Waals surface area (Å²) in [6.07, 6.45) is -1.48. The Morgan fingerprint density at radius 1 is 1.26 bits per heavy atom. The van der Waals surface area contributed by atoms with Crippen LogP contribution in [0, 0.1) is 10.1 Å². The number of esters is 2. The van der Waals surface area contributed by atoms with E-state index < -0.39 is 23.1 Å². The molecule has 1 aromatic carbocycles. The van der Waals surface area contributed by atoms with E-state index >= 15 is 0 Å². The summed E-state index contributed by atoms with van der Waals surface area (Å²) < 4.78 is 9.41. The Labute approximate surface area is 109 Å². The third-order valence-corrected chi connectivity index (χ3v) is 2.22. The van der Waals surface area contributed by atoms with E-state index in [4.69, 9.17) is 4.74 Å². The Morgan fingerprint density at radius 2 is 1.79 bits per heavy atom. The largest absolute Gasteiger partial charge is 0.462 e. The lowest BCUT2D eigenvalue weighted by atomic mass is 10.1. The van der Waals surface area contributed by atoms with Crippen molar-refractivity contribution in [1.82, 2.24) is 0 Å². The van der Waals surface area contributed by atoms with E-state index in [1.165, 1.54) is 18.2 Å². The van der Waals surface area contributed by atoms with Gasteiger partial charge in [-0.2, -0.15) is 0 Å². The highest BCUT2D eigenvalue weighted by atomic mass is 16.7. The van der Waals surface area contributed by atoms with Gasteiger partial charge in [0, 0.05) is 6.92 Å². The Morgan fingerprint density at radius 3 is 2.26 bits per heavy atom. The van der Waals surface area contributed by atoms with Crippen molar-refractivity contribution in [3.63, 3.8) is 0 Å². The molecule has 0 amide bonds. The quantitative estimate of drug-likeness (QED) is 0.348. The standard InChI is InChI=1S/C12H13NO6/c1-3-18-11(14)9-6-4-5-7-10(9)12(15)19-8(2)13(16)17/h4-8H,3H2,1-2H3. The van der Waals surface area contributed by atoms with Crippen LogP contribution in [0.1, 0.15) is 34.6 Å². The number of hydrogen-bond acceptors (Lipinski definition) is 6. The van der Waals surface area contributed by atoms with Gasteiger partial charge in [-0.1, -0.05) is 12.1 Å². The van der Waals surface area contributed by atoms with Crippen molar-refractivity contribution in [2.75, 3.05) is 6.61 Å². The van der Waals surface area contributed by atoms with Gasteiger partial charge in [0.05, 0.1) is 22.7 Å². The fourth-order valence-corrected chi connectivity index (χ4v) is 1.31. The lowest BCUT2D eigenvalue weighted by Crippen LogP contribution is -2.24. The minimum absolute atomic E-state index is 0.0184. The van der Waals surface area contributed by atoms with E-state index in [-0.39, 0.29) is 17.7 Å². The number of nitro groups is 1. The van der Waals surface area contributed by atoms with Crippen LogP contribution in [-0.4, -0.2) is 29.7 Å². The summed E-state index contributed by atoms with van der Waals surface area (Å²) in [6.45, 7) is 2.92. The number of rotatable bonds is 5. The molecule has 19 heavy (non-hydrogen) atoms. The Balaban J connectivity index is 2.97. The molecule has 0 aliphatic rings. The highest BCUT2D eigenvalue weighted by Crippen LogP contribution is 2.13. The molecule has 1 rings (SSSR count). The van der Waals surface area contributed by atoms with E-state index in [0.29, 0.717) is 0 Å². The second-order valence-corrected chi connectivity index (χ2v) is 3.56. The second kappa shape index (κ2) is 6.48. The fourth-order valence-electron chi connectivity index (χ4n) is 1.31. The molecule has 7 heteroatoms. The van der Waals surface area contributed by atoms with Crippen molar-refractivity contribution in [2.45, 2.75) is 20.1 Å². The Bertz CT molecular complexity index is 499. The van der Waals surface area contributed by atoms with E-state index in [1.54, 1.807) is 13.0 Å². The number of carbonyl (C=O) groups excluding carboxylic acids is 2. The normalized spacial score (nSPS) is 11.5. The minimum atomic E-state index is -1.48. The number of carbonyl (C=O) groups is 2. The topological polar surface area (TPSA) is 95.7 Å². The molecule has 0 spiro atoms. The van der Waals surface area contributed by atoms with Crippen molar-refractivity contribution < 1.29 is 24.0 Å². The van der Waals surface area contributed by atoms with Gasteiger partial charge in [0.1, 0.15) is 0 Å². The predicted molar refractivity (Wildman–Crippen MR) is 64.3 cm³/mol. The number of ether oxygens (including phenoxy) is 2. The molecule has 0 N–H and O–H groups in total. The highest BCUT2D eigenvalue weighted by Gasteiger charge is 2.23. The maximum Gasteiger partial charge on any atom is 0.353 e. The second-order valence-electron chi connectivity index (χ2n) is 3.56. The van der Waals surface area contributed by atoms with Gasteiger partial charge in [-0.05, 0) is 19.1 Å². The van der Waals surface area contributed by atoms with Crippen molar-refractivity contribution >= 4 is 11.9 Å². The molecule has 0 aromatic heterocycles. The maximum absolute atomic E-state index is 11.8. The monoisotopic (exact) mass is 267 g/mol. The van der Waals surface area contributed by atoms with E-state index in [9.17, 15) is 19.7 Å². The summed E-state index contributed by atoms with van der Waals surface area (Å²) in [6, 6.07) is 5.82. The van der Waals surface area contributed by atoms with E-state index in [0.717, 1.165) is 6.92 Å². The third kappa shape index (κ3) is 3.77. The van der Waals surface area contributed by atoms with Gasteiger partial charge in [0.25, 0.3) is 0 Å². The zero-order valence-electron chi connectivity index (χ0n) is 10.5. The molecule has 1 atom stereocenters. The average molecular weight is 267 g/mol. The van der Waals surface area contributed by atoms with Gasteiger partial charge in [-0.15, -0.1) is 0 Å². The fraction of sp³-hybridized carbons (Fsp3) is 0.333. The molecule has 7 nitrogen and oxygen atoms in total. The van der Waals surface area contributed by atoms with Crippen molar-refractivity contribution in [3.8, 4) is 0 Å². The Kier molecular flexibility index (Phi) is 4.99. The highest BCUT2D eigenvalue weighted by molar-refractivity contribution is 6.03. The molecule has 0 saturated heterocycles. The van der Waals surface area contributed by atoms with Crippen molar-refractivity contribution in [2.24, 2.45) is 0 Å². The van der Waals surface area contributed by atoms with Gasteiger partial charge in [0.15, 0.2) is 0 Å². The van der Waals surface area contributed by atoms with Crippen LogP contribution in [0.15, 0.2) is 24.3 Å². The lowest BCUT2D eigenvalue weighted by Gasteiger charge is -2.09. The zero-order chi connectivity index (χ0) is 14.4. The first-order valence-corrected chi connectivity index (χ1v) is 5.58. The number of nitrogens with zero attached hydrogens (tertiary/aromatic N) is 1. The van der Waals surface area contributed by atoms with Crippen LogP contribution >= 0.6 is 0 Å². The van der Waals surface area contributed by atoms with Crippen LogP contribution in [0.2, 0.25) is 0 Å². The maximum atomic E-state index is 11.8.